The number of amides is 1. The smallest absolute Gasteiger partial charge is 0.261 e. The number of rotatable bonds is 5. The molecule has 0 bridgehead atoms. The molecule has 2 aliphatic rings. The summed E-state index contributed by atoms with van der Waals surface area (Å²) in [6, 6.07) is 12.4. The van der Waals surface area contributed by atoms with Gasteiger partial charge in [-0.05, 0) is 55.2 Å². The van der Waals surface area contributed by atoms with E-state index in [2.05, 4.69) is 18.6 Å². The first-order valence-corrected chi connectivity index (χ1v) is 12.0. The SMILES string of the molecule is CCc1ccc(NS(=O)(=O)c2ccc3c(c2)N(C(=O)C2CC2)CC(C)S3)cc1. The second kappa shape index (κ2) is 7.44. The van der Waals surface area contributed by atoms with Crippen LogP contribution in [0.1, 0.15) is 32.3 Å². The first-order valence-electron chi connectivity index (χ1n) is 9.61. The van der Waals surface area contributed by atoms with Crippen LogP contribution in [0.25, 0.3) is 0 Å². The van der Waals surface area contributed by atoms with Gasteiger partial charge in [0.2, 0.25) is 5.91 Å². The van der Waals surface area contributed by atoms with Crippen molar-refractivity contribution in [2.45, 2.75) is 48.2 Å². The van der Waals surface area contributed by atoms with Crippen molar-refractivity contribution in [3.8, 4) is 0 Å². The van der Waals surface area contributed by atoms with Crippen LogP contribution in [0.15, 0.2) is 52.3 Å². The Balaban J connectivity index is 1.64. The van der Waals surface area contributed by atoms with Gasteiger partial charge in [-0.2, -0.15) is 0 Å². The number of nitrogens with zero attached hydrogens (tertiary/aromatic N) is 1. The zero-order chi connectivity index (χ0) is 19.9. The standard InChI is InChI=1S/C21H24N2O3S2/c1-3-15-4-8-17(9-5-15)22-28(25,26)18-10-11-20-19(12-18)23(13-14(2)27-20)21(24)16-6-7-16/h4-5,8-12,14,16,22H,3,6-7,13H2,1-2H3. The summed E-state index contributed by atoms with van der Waals surface area (Å²) in [5.41, 5.74) is 2.39. The lowest BCUT2D eigenvalue weighted by Crippen LogP contribution is -2.39. The van der Waals surface area contributed by atoms with E-state index in [1.165, 1.54) is 0 Å². The lowest BCUT2D eigenvalue weighted by atomic mass is 10.2. The van der Waals surface area contributed by atoms with E-state index in [1.54, 1.807) is 40.9 Å². The molecule has 1 unspecified atom stereocenters. The monoisotopic (exact) mass is 416 g/mol. The molecule has 148 valence electrons. The first kappa shape index (κ1) is 19.3. The third-order valence-corrected chi connectivity index (χ3v) is 7.64. The molecule has 0 radical (unpaired) electrons. The number of nitrogens with one attached hydrogen (secondary N) is 1. The van der Waals surface area contributed by atoms with Crippen LogP contribution in [-0.4, -0.2) is 26.1 Å². The fourth-order valence-electron chi connectivity index (χ4n) is 3.37. The summed E-state index contributed by atoms with van der Waals surface area (Å²) in [5.74, 6) is 0.213. The average Bonchev–Trinajstić information content (AvgIpc) is 3.52. The maximum absolute atomic E-state index is 12.9. The van der Waals surface area contributed by atoms with Crippen molar-refractivity contribution >= 4 is 39.1 Å². The van der Waals surface area contributed by atoms with Crippen LogP contribution in [-0.2, 0) is 21.2 Å². The zero-order valence-corrected chi connectivity index (χ0v) is 17.6. The topological polar surface area (TPSA) is 66.5 Å². The van der Waals surface area contributed by atoms with Gasteiger partial charge in [0, 0.05) is 28.3 Å². The molecule has 1 aliphatic carbocycles. The molecule has 1 saturated carbocycles. The van der Waals surface area contributed by atoms with Crippen LogP contribution in [0.2, 0.25) is 0 Å². The van der Waals surface area contributed by atoms with Gasteiger partial charge >= 0.3 is 0 Å². The molecule has 7 heteroatoms. The van der Waals surface area contributed by atoms with Crippen molar-refractivity contribution in [1.82, 2.24) is 0 Å². The zero-order valence-electron chi connectivity index (χ0n) is 16.0. The highest BCUT2D eigenvalue weighted by Gasteiger charge is 2.37. The van der Waals surface area contributed by atoms with Gasteiger partial charge in [0.25, 0.3) is 10.0 Å². The van der Waals surface area contributed by atoms with Crippen LogP contribution >= 0.6 is 11.8 Å². The third-order valence-electron chi connectivity index (χ3n) is 5.11. The Morgan fingerprint density at radius 2 is 1.89 bits per heavy atom. The Bertz CT molecular complexity index is 999. The fourth-order valence-corrected chi connectivity index (χ4v) is 5.54. The largest absolute Gasteiger partial charge is 0.310 e. The fraction of sp³-hybridized carbons (Fsp3) is 0.381. The second-order valence-corrected chi connectivity index (χ2v) is 10.6. The molecule has 2 aromatic carbocycles. The molecule has 1 heterocycles. The third kappa shape index (κ3) is 3.91. The maximum Gasteiger partial charge on any atom is 0.261 e. The number of carbonyl (C=O) groups excluding carboxylic acids is 1. The van der Waals surface area contributed by atoms with E-state index in [1.807, 2.05) is 18.2 Å². The van der Waals surface area contributed by atoms with Gasteiger partial charge in [0.15, 0.2) is 0 Å². The molecule has 0 saturated heterocycles. The summed E-state index contributed by atoms with van der Waals surface area (Å²) >= 11 is 1.68. The van der Waals surface area contributed by atoms with E-state index < -0.39 is 10.0 Å². The summed E-state index contributed by atoms with van der Waals surface area (Å²) in [6.07, 6.45) is 2.76. The highest BCUT2D eigenvalue weighted by molar-refractivity contribution is 8.00. The van der Waals surface area contributed by atoms with Crippen molar-refractivity contribution < 1.29 is 13.2 Å². The minimum atomic E-state index is -3.73. The molecule has 0 aromatic heterocycles. The molecule has 5 nitrogen and oxygen atoms in total. The molecule has 1 N–H and O–H groups in total. The molecule has 28 heavy (non-hydrogen) atoms. The van der Waals surface area contributed by atoms with Gasteiger partial charge in [-0.15, -0.1) is 11.8 Å². The Labute approximate surface area is 170 Å². The predicted octanol–water partition coefficient (Wildman–Crippen LogP) is 4.29. The lowest BCUT2D eigenvalue weighted by Gasteiger charge is -2.33. The van der Waals surface area contributed by atoms with E-state index >= 15 is 0 Å². The maximum atomic E-state index is 12.9. The number of benzene rings is 2. The van der Waals surface area contributed by atoms with E-state index in [4.69, 9.17) is 0 Å². The molecule has 1 aliphatic heterocycles. The van der Waals surface area contributed by atoms with Crippen LogP contribution in [0.4, 0.5) is 11.4 Å². The minimum Gasteiger partial charge on any atom is -0.310 e. The summed E-state index contributed by atoms with van der Waals surface area (Å²) in [7, 11) is -3.73. The highest BCUT2D eigenvalue weighted by Crippen LogP contribution is 2.42. The van der Waals surface area contributed by atoms with Gasteiger partial charge in [0.1, 0.15) is 0 Å². The molecule has 0 spiro atoms. The number of hydrogen-bond acceptors (Lipinski definition) is 4. The summed E-state index contributed by atoms with van der Waals surface area (Å²) in [4.78, 5) is 15.6. The number of fused-ring (bicyclic) bond motifs is 1. The van der Waals surface area contributed by atoms with Crippen molar-refractivity contribution in [2.24, 2.45) is 5.92 Å². The molecule has 4 rings (SSSR count). The molecule has 1 amide bonds. The van der Waals surface area contributed by atoms with E-state index in [0.29, 0.717) is 17.9 Å². The molecular weight excluding hydrogens is 392 g/mol. The minimum absolute atomic E-state index is 0.0959. The lowest BCUT2D eigenvalue weighted by molar-refractivity contribution is -0.119. The van der Waals surface area contributed by atoms with Crippen LogP contribution in [0, 0.1) is 5.92 Å². The Morgan fingerprint density at radius 3 is 2.54 bits per heavy atom. The summed E-state index contributed by atoms with van der Waals surface area (Å²) in [6.45, 7) is 4.76. The van der Waals surface area contributed by atoms with Crippen LogP contribution in [0.3, 0.4) is 0 Å². The second-order valence-electron chi connectivity index (χ2n) is 7.44. The molecule has 1 fully saturated rings. The molecule has 1 atom stereocenters. The van der Waals surface area contributed by atoms with E-state index in [0.717, 1.165) is 29.7 Å². The first-order chi connectivity index (χ1) is 13.4. The Morgan fingerprint density at radius 1 is 1.18 bits per heavy atom. The number of thioether (sulfide) groups is 1. The van der Waals surface area contributed by atoms with Crippen molar-refractivity contribution in [1.29, 1.82) is 0 Å². The Hall–Kier alpha value is -1.99. The Kier molecular flexibility index (Phi) is 5.14. The quantitative estimate of drug-likeness (QED) is 0.790. The number of sulfonamides is 1. The van der Waals surface area contributed by atoms with Gasteiger partial charge in [-0.25, -0.2) is 8.42 Å². The summed E-state index contributed by atoms with van der Waals surface area (Å²) < 4.78 is 28.5. The van der Waals surface area contributed by atoms with Crippen molar-refractivity contribution in [2.75, 3.05) is 16.2 Å². The summed E-state index contributed by atoms with van der Waals surface area (Å²) in [5, 5.41) is 0.285. The van der Waals surface area contributed by atoms with E-state index in [9.17, 15) is 13.2 Å². The predicted molar refractivity (Wildman–Crippen MR) is 113 cm³/mol. The number of anilines is 2. The number of carbonyl (C=O) groups is 1. The molecule has 2 aromatic rings. The van der Waals surface area contributed by atoms with Crippen LogP contribution in [0.5, 0.6) is 0 Å². The van der Waals surface area contributed by atoms with Crippen molar-refractivity contribution in [3.05, 3.63) is 48.0 Å². The van der Waals surface area contributed by atoms with Gasteiger partial charge in [-0.3, -0.25) is 9.52 Å². The van der Waals surface area contributed by atoms with Gasteiger partial charge in [-0.1, -0.05) is 26.0 Å². The highest BCUT2D eigenvalue weighted by atomic mass is 32.2. The molecular formula is C21H24N2O3S2. The van der Waals surface area contributed by atoms with E-state index in [-0.39, 0.29) is 22.0 Å². The number of aryl methyl sites for hydroxylation is 1. The van der Waals surface area contributed by atoms with Crippen molar-refractivity contribution in [3.63, 3.8) is 0 Å². The van der Waals surface area contributed by atoms with Gasteiger partial charge in [0.05, 0.1) is 10.6 Å². The average molecular weight is 417 g/mol. The van der Waals surface area contributed by atoms with Gasteiger partial charge < -0.3 is 4.90 Å². The number of hydrogen-bond donors (Lipinski definition) is 1. The normalized spacial score (nSPS) is 19.2. The van der Waals surface area contributed by atoms with Crippen LogP contribution < -0.4 is 9.62 Å².